The van der Waals surface area contributed by atoms with Gasteiger partial charge >= 0.3 is 0 Å². The molecule has 6 rings (SSSR count). The molecule has 3 heterocycles. The highest BCUT2D eigenvalue weighted by molar-refractivity contribution is 7.99. The molecule has 0 radical (unpaired) electrons. The van der Waals surface area contributed by atoms with Gasteiger partial charge in [-0.05, 0) is 55.0 Å². The van der Waals surface area contributed by atoms with Crippen molar-refractivity contribution in [3.8, 4) is 11.4 Å². The lowest BCUT2D eigenvalue weighted by atomic mass is 9.83. The van der Waals surface area contributed by atoms with Gasteiger partial charge in [-0.1, -0.05) is 49.9 Å². The summed E-state index contributed by atoms with van der Waals surface area (Å²) in [4.78, 5) is 36.5. The number of aromatic nitrogens is 2. The summed E-state index contributed by atoms with van der Waals surface area (Å²) in [7, 11) is 3.62. The Labute approximate surface area is 236 Å². The van der Waals surface area contributed by atoms with Crippen molar-refractivity contribution in [1.29, 1.82) is 0 Å². The summed E-state index contributed by atoms with van der Waals surface area (Å²) in [6.07, 6.45) is 5.89. The van der Waals surface area contributed by atoms with E-state index in [4.69, 9.17) is 9.72 Å². The number of methoxy groups -OCH3 is 1. The third kappa shape index (κ3) is 4.39. The molecule has 2 aliphatic rings. The van der Waals surface area contributed by atoms with Gasteiger partial charge in [-0.25, -0.2) is 4.98 Å². The van der Waals surface area contributed by atoms with Gasteiger partial charge in [0.1, 0.15) is 10.6 Å². The number of ether oxygens (including phenoxy) is 1. The van der Waals surface area contributed by atoms with Crippen molar-refractivity contribution in [2.24, 2.45) is 0 Å². The fourth-order valence-electron chi connectivity index (χ4n) is 5.85. The van der Waals surface area contributed by atoms with E-state index in [1.807, 2.05) is 43.4 Å². The average molecular weight is 558 g/mol. The van der Waals surface area contributed by atoms with Crippen LogP contribution < -0.4 is 15.2 Å². The molecule has 1 aliphatic heterocycles. The summed E-state index contributed by atoms with van der Waals surface area (Å²) in [5.41, 5.74) is 4.78. The van der Waals surface area contributed by atoms with Crippen LogP contribution in [0, 0.1) is 0 Å². The number of carbonyl (C=O) groups is 1. The normalized spacial score (nSPS) is 16.9. The topological polar surface area (TPSA) is 64.4 Å². The lowest BCUT2D eigenvalue weighted by Gasteiger charge is -2.24. The number of hydrogen-bond donors (Lipinski definition) is 0. The van der Waals surface area contributed by atoms with Gasteiger partial charge in [0.2, 0.25) is 0 Å². The zero-order valence-corrected chi connectivity index (χ0v) is 24.2. The Morgan fingerprint density at radius 3 is 2.74 bits per heavy atom. The Kier molecular flexibility index (Phi) is 6.63. The van der Waals surface area contributed by atoms with Crippen molar-refractivity contribution in [1.82, 2.24) is 9.55 Å². The van der Waals surface area contributed by atoms with Crippen LogP contribution in [-0.2, 0) is 23.1 Å². The number of thioether (sulfide) groups is 1. The first kappa shape index (κ1) is 25.9. The Hall–Kier alpha value is -3.36. The second kappa shape index (κ2) is 9.99. The molecule has 200 valence electrons. The van der Waals surface area contributed by atoms with Crippen LogP contribution in [0.4, 0.5) is 5.69 Å². The number of rotatable bonds is 6. The first-order valence-corrected chi connectivity index (χ1v) is 15.0. The smallest absolute Gasteiger partial charge is 0.267 e. The van der Waals surface area contributed by atoms with Crippen LogP contribution in [0.1, 0.15) is 42.7 Å². The van der Waals surface area contributed by atoms with Crippen molar-refractivity contribution in [2.75, 3.05) is 24.8 Å². The summed E-state index contributed by atoms with van der Waals surface area (Å²) >= 11 is 2.94. The fourth-order valence-corrected chi connectivity index (χ4v) is 7.99. The summed E-state index contributed by atoms with van der Waals surface area (Å²) in [6.45, 7) is 4.30. The van der Waals surface area contributed by atoms with Gasteiger partial charge in [0.15, 0.2) is 10.9 Å². The Balaban J connectivity index is 1.38. The fraction of sp³-hybridized carbons (Fsp3) is 0.323. The Morgan fingerprint density at radius 1 is 1.15 bits per heavy atom. The highest BCUT2D eigenvalue weighted by Crippen LogP contribution is 2.46. The maximum absolute atomic E-state index is 14.0. The van der Waals surface area contributed by atoms with E-state index in [1.165, 1.54) is 22.2 Å². The van der Waals surface area contributed by atoms with Gasteiger partial charge in [-0.2, -0.15) is 0 Å². The number of likely N-dealkylation sites (N-methyl/N-ethyl adjacent to an activating group) is 1. The molecule has 0 spiro atoms. The summed E-state index contributed by atoms with van der Waals surface area (Å²) in [5.74, 6) is 0.825. The molecule has 0 N–H and O–H groups in total. The molecule has 0 unspecified atom stereocenters. The van der Waals surface area contributed by atoms with Gasteiger partial charge < -0.3 is 9.64 Å². The van der Waals surface area contributed by atoms with E-state index in [9.17, 15) is 9.59 Å². The number of para-hydroxylation sites is 1. The Bertz CT molecular complexity index is 1700. The van der Waals surface area contributed by atoms with E-state index in [0.29, 0.717) is 16.6 Å². The number of nitrogens with zero attached hydrogens (tertiary/aromatic N) is 3. The lowest BCUT2D eigenvalue weighted by molar-refractivity contribution is -0.112. The molecule has 1 aliphatic carbocycles. The van der Waals surface area contributed by atoms with E-state index in [1.54, 1.807) is 29.1 Å². The molecular formula is C31H31N3O3S2. The number of aryl methyl sites for hydroxylation is 2. The molecule has 0 amide bonds. The molecule has 6 nitrogen and oxygen atoms in total. The van der Waals surface area contributed by atoms with Gasteiger partial charge in [-0.15, -0.1) is 11.3 Å². The van der Waals surface area contributed by atoms with Crippen LogP contribution in [0.15, 0.2) is 70.3 Å². The van der Waals surface area contributed by atoms with Crippen LogP contribution in [0.5, 0.6) is 5.75 Å². The number of carbonyl (C=O) groups excluding carboxylic acids is 1. The van der Waals surface area contributed by atoms with Gasteiger partial charge in [0, 0.05) is 40.9 Å². The molecule has 0 saturated carbocycles. The third-order valence-corrected chi connectivity index (χ3v) is 10.00. The molecule has 4 aromatic rings. The molecule has 39 heavy (non-hydrogen) atoms. The summed E-state index contributed by atoms with van der Waals surface area (Å²) in [6, 6.07) is 15.7. The number of anilines is 1. The average Bonchev–Trinajstić information content (AvgIpc) is 3.41. The predicted octanol–water partition coefficient (Wildman–Crippen LogP) is 6.31. The molecule has 0 fully saturated rings. The number of hydrogen-bond acceptors (Lipinski definition) is 7. The highest BCUT2D eigenvalue weighted by Gasteiger charge is 2.38. The maximum atomic E-state index is 14.0. The van der Waals surface area contributed by atoms with Gasteiger partial charge in [0.05, 0.1) is 23.9 Å². The number of thiophene rings is 1. The van der Waals surface area contributed by atoms with Crippen LogP contribution in [0.2, 0.25) is 0 Å². The van der Waals surface area contributed by atoms with E-state index in [-0.39, 0.29) is 22.5 Å². The molecule has 2 aromatic carbocycles. The van der Waals surface area contributed by atoms with Crippen LogP contribution in [0.25, 0.3) is 15.9 Å². The lowest BCUT2D eigenvalue weighted by Crippen LogP contribution is -2.24. The van der Waals surface area contributed by atoms with E-state index in [2.05, 4.69) is 30.9 Å². The first-order chi connectivity index (χ1) is 18.8. The van der Waals surface area contributed by atoms with Gasteiger partial charge in [0.25, 0.3) is 5.56 Å². The Morgan fingerprint density at radius 2 is 1.95 bits per heavy atom. The minimum absolute atomic E-state index is 0.0141. The molecule has 8 heteroatoms. The minimum Gasteiger partial charge on any atom is -0.497 e. The number of ketones is 1. The second-order valence-electron chi connectivity index (χ2n) is 10.6. The second-order valence-corrected chi connectivity index (χ2v) is 12.6. The SMILES string of the molecule is COc1cccc(-n2c(SCC(=O)C=C3N(C)c4ccccc4C3(C)C)nc3sc4c(c3c2=O)CCCC4)c1. The van der Waals surface area contributed by atoms with E-state index < -0.39 is 0 Å². The summed E-state index contributed by atoms with van der Waals surface area (Å²) < 4.78 is 7.09. The zero-order valence-electron chi connectivity index (χ0n) is 22.6. The van der Waals surface area contributed by atoms with E-state index in [0.717, 1.165) is 52.8 Å². The zero-order chi connectivity index (χ0) is 27.3. The summed E-state index contributed by atoms with van der Waals surface area (Å²) in [5, 5.41) is 1.25. The number of allylic oxidation sites excluding steroid dienone is 2. The molecular weight excluding hydrogens is 526 g/mol. The van der Waals surface area contributed by atoms with Crippen molar-refractivity contribution in [3.05, 3.63) is 86.7 Å². The van der Waals surface area contributed by atoms with Gasteiger partial charge in [-0.3, -0.25) is 14.2 Å². The number of benzene rings is 2. The molecule has 0 bridgehead atoms. The standard InChI is InChI=1S/C31H31N3O3S2/c1-31(2)23-13-6-7-14-24(23)33(3)26(31)17-20(35)18-38-30-32-28-27(22-12-5-8-15-25(22)39-28)29(36)34(30)19-10-9-11-21(16-19)37-4/h6-7,9-11,13-14,16-17H,5,8,12,15,18H2,1-4H3. The largest absolute Gasteiger partial charge is 0.497 e. The van der Waals surface area contributed by atoms with Crippen LogP contribution in [0.3, 0.4) is 0 Å². The van der Waals surface area contributed by atoms with Crippen molar-refractivity contribution >= 4 is 44.8 Å². The molecule has 0 atom stereocenters. The van der Waals surface area contributed by atoms with Crippen molar-refractivity contribution in [2.45, 2.75) is 50.1 Å². The van der Waals surface area contributed by atoms with Crippen molar-refractivity contribution < 1.29 is 9.53 Å². The quantitative estimate of drug-likeness (QED) is 0.157. The first-order valence-electron chi connectivity index (χ1n) is 13.2. The predicted molar refractivity (Wildman–Crippen MR) is 160 cm³/mol. The number of fused-ring (bicyclic) bond motifs is 4. The van der Waals surface area contributed by atoms with Crippen LogP contribution >= 0.6 is 23.1 Å². The van der Waals surface area contributed by atoms with E-state index >= 15 is 0 Å². The molecule has 0 saturated heterocycles. The monoisotopic (exact) mass is 557 g/mol. The van der Waals surface area contributed by atoms with Crippen LogP contribution in [-0.4, -0.2) is 35.2 Å². The maximum Gasteiger partial charge on any atom is 0.267 e. The highest BCUT2D eigenvalue weighted by atomic mass is 32.2. The minimum atomic E-state index is -0.276. The van der Waals surface area contributed by atoms with Crippen molar-refractivity contribution in [3.63, 3.8) is 0 Å². The third-order valence-electron chi connectivity index (χ3n) is 7.85. The molecule has 2 aromatic heterocycles.